The van der Waals surface area contributed by atoms with Crippen molar-refractivity contribution in [1.82, 2.24) is 15.1 Å². The average molecular weight is 285 g/mol. The number of carbonyl (C=O) groups excluding carboxylic acids is 2. The Morgan fingerprint density at radius 2 is 1.50 bits per heavy atom. The molecular formula is C15H31N3O2. The minimum Gasteiger partial charge on any atom is -0.354 e. The van der Waals surface area contributed by atoms with Gasteiger partial charge < -0.3 is 15.1 Å². The van der Waals surface area contributed by atoms with Crippen molar-refractivity contribution in [3.63, 3.8) is 0 Å². The monoisotopic (exact) mass is 285 g/mol. The second-order valence-corrected chi connectivity index (χ2v) is 5.98. The van der Waals surface area contributed by atoms with E-state index in [0.29, 0.717) is 19.6 Å². The van der Waals surface area contributed by atoms with Crippen LogP contribution in [0.2, 0.25) is 0 Å². The third kappa shape index (κ3) is 5.90. The zero-order chi connectivity index (χ0) is 15.8. The number of carbonyl (C=O) groups is 2. The molecule has 0 rings (SSSR count). The second kappa shape index (κ2) is 8.95. The van der Waals surface area contributed by atoms with Gasteiger partial charge in [0.05, 0.1) is 0 Å². The predicted molar refractivity (Wildman–Crippen MR) is 82.5 cm³/mol. The Morgan fingerprint density at radius 3 is 1.90 bits per heavy atom. The number of hydrogen-bond acceptors (Lipinski definition) is 3. The van der Waals surface area contributed by atoms with Gasteiger partial charge in [-0.25, -0.2) is 0 Å². The second-order valence-electron chi connectivity index (χ2n) is 5.98. The Hall–Kier alpha value is -1.10. The molecule has 1 N–H and O–H groups in total. The number of rotatable bonds is 9. The normalized spacial score (nSPS) is 11.6. The lowest BCUT2D eigenvalue weighted by molar-refractivity contribution is -0.148. The quantitative estimate of drug-likeness (QED) is 0.650. The zero-order valence-electron chi connectivity index (χ0n) is 14.0. The van der Waals surface area contributed by atoms with Crippen molar-refractivity contribution < 1.29 is 9.59 Å². The van der Waals surface area contributed by atoms with Crippen LogP contribution in [-0.2, 0) is 9.59 Å². The number of likely N-dealkylation sites (N-methyl/N-ethyl adjacent to an activating group) is 1. The summed E-state index contributed by atoms with van der Waals surface area (Å²) in [4.78, 5) is 28.6. The topological polar surface area (TPSA) is 52.7 Å². The van der Waals surface area contributed by atoms with Gasteiger partial charge in [-0.15, -0.1) is 0 Å². The molecule has 118 valence electrons. The molecule has 0 unspecified atom stereocenters. The van der Waals surface area contributed by atoms with Crippen LogP contribution >= 0.6 is 0 Å². The SMILES string of the molecule is CCCN(CCC)C(=O)C(C)(C)C(=O)NCCN(C)C. The molecule has 0 aromatic rings. The third-order valence-corrected chi connectivity index (χ3v) is 3.22. The van der Waals surface area contributed by atoms with Gasteiger partial charge in [-0.2, -0.15) is 0 Å². The Labute approximate surface area is 123 Å². The van der Waals surface area contributed by atoms with Crippen molar-refractivity contribution in [2.45, 2.75) is 40.5 Å². The molecule has 0 fully saturated rings. The lowest BCUT2D eigenvalue weighted by Crippen LogP contribution is -2.50. The van der Waals surface area contributed by atoms with E-state index in [1.54, 1.807) is 18.7 Å². The molecule has 0 aromatic carbocycles. The van der Waals surface area contributed by atoms with Crippen molar-refractivity contribution in [3.8, 4) is 0 Å². The van der Waals surface area contributed by atoms with E-state index in [2.05, 4.69) is 5.32 Å². The van der Waals surface area contributed by atoms with Crippen LogP contribution in [0.5, 0.6) is 0 Å². The van der Waals surface area contributed by atoms with Gasteiger partial charge in [0, 0.05) is 26.2 Å². The Morgan fingerprint density at radius 1 is 1.00 bits per heavy atom. The van der Waals surface area contributed by atoms with Crippen LogP contribution in [0.1, 0.15) is 40.5 Å². The first-order chi connectivity index (χ1) is 9.27. The summed E-state index contributed by atoms with van der Waals surface area (Å²) in [5, 5.41) is 2.85. The molecule has 0 atom stereocenters. The Kier molecular flexibility index (Phi) is 8.46. The standard InChI is InChI=1S/C15H31N3O2/c1-7-10-18(11-8-2)14(20)15(3,4)13(19)16-9-12-17(5)6/h7-12H2,1-6H3,(H,16,19). The van der Waals surface area contributed by atoms with E-state index in [1.807, 2.05) is 32.8 Å². The smallest absolute Gasteiger partial charge is 0.237 e. The molecular weight excluding hydrogens is 254 g/mol. The molecule has 0 aliphatic carbocycles. The Bertz CT molecular complexity index is 308. The fourth-order valence-corrected chi connectivity index (χ4v) is 1.96. The molecule has 0 spiro atoms. The molecule has 0 saturated carbocycles. The van der Waals surface area contributed by atoms with Crippen molar-refractivity contribution in [1.29, 1.82) is 0 Å². The summed E-state index contributed by atoms with van der Waals surface area (Å²) in [6, 6.07) is 0. The van der Waals surface area contributed by atoms with E-state index >= 15 is 0 Å². The molecule has 0 heterocycles. The summed E-state index contributed by atoms with van der Waals surface area (Å²) in [5.74, 6) is -0.273. The summed E-state index contributed by atoms with van der Waals surface area (Å²) in [6.07, 6.45) is 1.81. The van der Waals surface area contributed by atoms with Gasteiger partial charge in [-0.05, 0) is 40.8 Å². The largest absolute Gasteiger partial charge is 0.354 e. The van der Waals surface area contributed by atoms with Gasteiger partial charge in [0.2, 0.25) is 11.8 Å². The molecule has 5 nitrogen and oxygen atoms in total. The molecule has 0 aromatic heterocycles. The number of amides is 2. The maximum atomic E-state index is 12.5. The van der Waals surface area contributed by atoms with Gasteiger partial charge in [0.25, 0.3) is 0 Å². The third-order valence-electron chi connectivity index (χ3n) is 3.22. The van der Waals surface area contributed by atoms with Gasteiger partial charge in [-0.1, -0.05) is 13.8 Å². The fraction of sp³-hybridized carbons (Fsp3) is 0.867. The van der Waals surface area contributed by atoms with Crippen molar-refractivity contribution >= 4 is 11.8 Å². The van der Waals surface area contributed by atoms with Crippen molar-refractivity contribution in [2.24, 2.45) is 5.41 Å². The highest BCUT2D eigenvalue weighted by Crippen LogP contribution is 2.19. The minimum atomic E-state index is -1.00. The first-order valence-corrected chi connectivity index (χ1v) is 7.49. The van der Waals surface area contributed by atoms with E-state index in [1.165, 1.54) is 0 Å². The zero-order valence-corrected chi connectivity index (χ0v) is 14.0. The highest BCUT2D eigenvalue weighted by Gasteiger charge is 2.38. The summed E-state index contributed by atoms with van der Waals surface area (Å²) in [6.45, 7) is 10.2. The van der Waals surface area contributed by atoms with E-state index in [9.17, 15) is 9.59 Å². The number of hydrogen-bond donors (Lipinski definition) is 1. The number of nitrogens with zero attached hydrogens (tertiary/aromatic N) is 2. The fourth-order valence-electron chi connectivity index (χ4n) is 1.96. The molecule has 20 heavy (non-hydrogen) atoms. The van der Waals surface area contributed by atoms with Crippen molar-refractivity contribution in [2.75, 3.05) is 40.3 Å². The van der Waals surface area contributed by atoms with E-state index in [-0.39, 0.29) is 11.8 Å². The lowest BCUT2D eigenvalue weighted by atomic mass is 9.90. The van der Waals surface area contributed by atoms with Gasteiger partial charge in [0.15, 0.2) is 0 Å². The van der Waals surface area contributed by atoms with Crippen LogP contribution in [0, 0.1) is 5.41 Å². The summed E-state index contributed by atoms with van der Waals surface area (Å²) in [5.41, 5.74) is -1.00. The van der Waals surface area contributed by atoms with E-state index in [4.69, 9.17) is 0 Å². The van der Waals surface area contributed by atoms with Crippen LogP contribution in [0.3, 0.4) is 0 Å². The van der Waals surface area contributed by atoms with Crippen LogP contribution in [0.15, 0.2) is 0 Å². The molecule has 0 bridgehead atoms. The van der Waals surface area contributed by atoms with Crippen LogP contribution in [0.25, 0.3) is 0 Å². The maximum absolute atomic E-state index is 12.5. The summed E-state index contributed by atoms with van der Waals surface area (Å²) < 4.78 is 0. The molecule has 0 aliphatic rings. The molecule has 2 amide bonds. The Balaban J connectivity index is 4.64. The van der Waals surface area contributed by atoms with Crippen molar-refractivity contribution in [3.05, 3.63) is 0 Å². The molecule has 0 aliphatic heterocycles. The summed E-state index contributed by atoms with van der Waals surface area (Å²) in [7, 11) is 3.90. The minimum absolute atomic E-state index is 0.0800. The molecule has 5 heteroatoms. The van der Waals surface area contributed by atoms with E-state index < -0.39 is 5.41 Å². The lowest BCUT2D eigenvalue weighted by Gasteiger charge is -2.31. The first kappa shape index (κ1) is 18.9. The average Bonchev–Trinajstić information content (AvgIpc) is 2.36. The highest BCUT2D eigenvalue weighted by molar-refractivity contribution is 6.04. The van der Waals surface area contributed by atoms with E-state index in [0.717, 1.165) is 19.4 Å². The van der Waals surface area contributed by atoms with Crippen LogP contribution in [0.4, 0.5) is 0 Å². The number of nitrogens with one attached hydrogen (secondary N) is 1. The van der Waals surface area contributed by atoms with Crippen LogP contribution < -0.4 is 5.32 Å². The maximum Gasteiger partial charge on any atom is 0.237 e. The highest BCUT2D eigenvalue weighted by atomic mass is 16.2. The molecule has 0 radical (unpaired) electrons. The van der Waals surface area contributed by atoms with Gasteiger partial charge in [0.1, 0.15) is 5.41 Å². The first-order valence-electron chi connectivity index (χ1n) is 7.49. The predicted octanol–water partition coefficient (Wildman–Crippen LogP) is 1.34. The summed E-state index contributed by atoms with van der Waals surface area (Å²) >= 11 is 0. The van der Waals surface area contributed by atoms with Gasteiger partial charge in [-0.3, -0.25) is 9.59 Å². The van der Waals surface area contributed by atoms with Gasteiger partial charge >= 0.3 is 0 Å². The molecule has 0 saturated heterocycles. The van der Waals surface area contributed by atoms with Crippen LogP contribution in [-0.4, -0.2) is 61.9 Å².